The van der Waals surface area contributed by atoms with E-state index in [1.54, 1.807) is 29.4 Å². The van der Waals surface area contributed by atoms with Crippen LogP contribution in [0.5, 0.6) is 11.5 Å². The Bertz CT molecular complexity index is 851. The number of hydrogen-bond donors (Lipinski definition) is 0. The highest BCUT2D eigenvalue weighted by Gasteiger charge is 2.21. The molecule has 0 saturated heterocycles. The minimum Gasteiger partial charge on any atom is -0.454 e. The van der Waals surface area contributed by atoms with Crippen molar-refractivity contribution in [2.75, 3.05) is 0 Å². The van der Waals surface area contributed by atoms with Gasteiger partial charge in [0.15, 0.2) is 5.75 Å². The van der Waals surface area contributed by atoms with Gasteiger partial charge >= 0.3 is 0 Å². The molecule has 98 valence electrons. The van der Waals surface area contributed by atoms with E-state index in [1.807, 2.05) is 42.5 Å². The molecule has 2 heterocycles. The van der Waals surface area contributed by atoms with Crippen LogP contribution in [0, 0.1) is 0 Å². The molecule has 3 nitrogen and oxygen atoms in total. The molecule has 0 fully saturated rings. The van der Waals surface area contributed by atoms with E-state index in [0.29, 0.717) is 0 Å². The summed E-state index contributed by atoms with van der Waals surface area (Å²) in [6.45, 7) is 1.56. The first kappa shape index (κ1) is 11.6. The Morgan fingerprint density at radius 3 is 2.80 bits per heavy atom. The van der Waals surface area contributed by atoms with Crippen LogP contribution >= 0.6 is 11.8 Å². The summed E-state index contributed by atoms with van der Waals surface area (Å²) in [6, 6.07) is 13.9. The van der Waals surface area contributed by atoms with Crippen LogP contribution in [0.3, 0.4) is 0 Å². The van der Waals surface area contributed by atoms with Gasteiger partial charge in [0.25, 0.3) is 0 Å². The largest absolute Gasteiger partial charge is 0.454 e. The van der Waals surface area contributed by atoms with E-state index in [-0.39, 0.29) is 5.91 Å². The van der Waals surface area contributed by atoms with Crippen molar-refractivity contribution in [1.29, 1.82) is 0 Å². The minimum absolute atomic E-state index is 0.00353. The second kappa shape index (κ2) is 4.15. The highest BCUT2D eigenvalue weighted by molar-refractivity contribution is 7.99. The average Bonchev–Trinajstić information content (AvgIpc) is 2.89. The second-order valence-electron chi connectivity index (χ2n) is 4.68. The number of benzene rings is 2. The molecule has 1 aromatic heterocycles. The van der Waals surface area contributed by atoms with Gasteiger partial charge in [0.2, 0.25) is 5.91 Å². The number of aromatic nitrogens is 1. The van der Waals surface area contributed by atoms with Crippen LogP contribution in [0.4, 0.5) is 0 Å². The van der Waals surface area contributed by atoms with Crippen molar-refractivity contribution in [2.24, 2.45) is 0 Å². The summed E-state index contributed by atoms with van der Waals surface area (Å²) in [5.41, 5.74) is 0.885. The van der Waals surface area contributed by atoms with Crippen LogP contribution < -0.4 is 4.74 Å². The zero-order valence-electron chi connectivity index (χ0n) is 10.8. The SMILES string of the molecule is CC(=O)n1ccc2c3c(ccc21)Sc1ccccc1O3. The summed E-state index contributed by atoms with van der Waals surface area (Å²) < 4.78 is 7.68. The summed E-state index contributed by atoms with van der Waals surface area (Å²) in [7, 11) is 0. The van der Waals surface area contributed by atoms with Gasteiger partial charge in [-0.2, -0.15) is 0 Å². The van der Waals surface area contributed by atoms with E-state index in [2.05, 4.69) is 0 Å². The summed E-state index contributed by atoms with van der Waals surface area (Å²) in [5.74, 6) is 1.71. The van der Waals surface area contributed by atoms with Gasteiger partial charge in [-0.05, 0) is 30.3 Å². The van der Waals surface area contributed by atoms with Crippen molar-refractivity contribution < 1.29 is 9.53 Å². The van der Waals surface area contributed by atoms with Crippen LogP contribution in [0.15, 0.2) is 58.5 Å². The van der Waals surface area contributed by atoms with E-state index in [4.69, 9.17) is 4.74 Å². The first-order chi connectivity index (χ1) is 9.74. The van der Waals surface area contributed by atoms with Crippen LogP contribution in [0.1, 0.15) is 11.7 Å². The Hall–Kier alpha value is -2.20. The fourth-order valence-corrected chi connectivity index (χ4v) is 3.45. The lowest BCUT2D eigenvalue weighted by Gasteiger charge is -2.20. The third-order valence-corrected chi connectivity index (χ3v) is 4.51. The Morgan fingerprint density at radius 2 is 1.95 bits per heavy atom. The zero-order chi connectivity index (χ0) is 13.7. The quantitative estimate of drug-likeness (QED) is 0.473. The smallest absolute Gasteiger partial charge is 0.227 e. The van der Waals surface area contributed by atoms with Gasteiger partial charge in [-0.15, -0.1) is 0 Å². The van der Waals surface area contributed by atoms with Crippen molar-refractivity contribution in [3.8, 4) is 11.5 Å². The summed E-state index contributed by atoms with van der Waals surface area (Å²) in [5, 5.41) is 0.972. The molecule has 0 aliphatic carbocycles. The highest BCUT2D eigenvalue weighted by Crippen LogP contribution is 2.49. The fourth-order valence-electron chi connectivity index (χ4n) is 2.48. The summed E-state index contributed by atoms with van der Waals surface area (Å²) >= 11 is 1.70. The Kier molecular flexibility index (Phi) is 2.41. The molecule has 2 aromatic carbocycles. The predicted octanol–water partition coefficient (Wildman–Crippen LogP) is 4.56. The number of carbonyl (C=O) groups is 1. The fraction of sp³-hybridized carbons (Fsp3) is 0.0625. The van der Waals surface area contributed by atoms with Crippen LogP contribution in [0.2, 0.25) is 0 Å². The molecule has 4 heteroatoms. The Balaban J connectivity index is 1.94. The van der Waals surface area contributed by atoms with E-state index in [0.717, 1.165) is 32.2 Å². The Morgan fingerprint density at radius 1 is 1.10 bits per heavy atom. The number of rotatable bonds is 0. The van der Waals surface area contributed by atoms with Crippen molar-refractivity contribution in [2.45, 2.75) is 16.7 Å². The van der Waals surface area contributed by atoms with Crippen molar-refractivity contribution in [3.05, 3.63) is 48.7 Å². The van der Waals surface area contributed by atoms with Crippen molar-refractivity contribution >= 4 is 28.6 Å². The van der Waals surface area contributed by atoms with Gasteiger partial charge in [0.05, 0.1) is 15.3 Å². The molecule has 0 saturated carbocycles. The van der Waals surface area contributed by atoms with E-state index >= 15 is 0 Å². The van der Waals surface area contributed by atoms with Crippen molar-refractivity contribution in [3.63, 3.8) is 0 Å². The molecule has 4 rings (SSSR count). The third kappa shape index (κ3) is 1.58. The van der Waals surface area contributed by atoms with Gasteiger partial charge in [-0.3, -0.25) is 9.36 Å². The lowest BCUT2D eigenvalue weighted by atomic mass is 10.2. The second-order valence-corrected chi connectivity index (χ2v) is 5.77. The van der Waals surface area contributed by atoms with Gasteiger partial charge in [-0.1, -0.05) is 23.9 Å². The van der Waals surface area contributed by atoms with E-state index in [1.165, 1.54) is 0 Å². The molecular formula is C16H11NO2S. The topological polar surface area (TPSA) is 31.2 Å². The molecule has 3 aromatic rings. The van der Waals surface area contributed by atoms with Crippen molar-refractivity contribution in [1.82, 2.24) is 4.57 Å². The van der Waals surface area contributed by atoms with Crippen LogP contribution in [0.25, 0.3) is 10.9 Å². The lowest BCUT2D eigenvalue weighted by Crippen LogP contribution is -2.03. The first-order valence-corrected chi connectivity index (χ1v) is 7.15. The molecule has 0 spiro atoms. The number of ether oxygens (including phenoxy) is 1. The maximum atomic E-state index is 11.6. The van der Waals surface area contributed by atoms with Crippen LogP contribution in [-0.4, -0.2) is 10.5 Å². The normalized spacial score (nSPS) is 12.7. The summed E-state index contributed by atoms with van der Waals surface area (Å²) in [4.78, 5) is 13.8. The summed E-state index contributed by atoms with van der Waals surface area (Å²) in [6.07, 6.45) is 1.79. The van der Waals surface area contributed by atoms with Gasteiger partial charge in [0, 0.05) is 18.5 Å². The number of para-hydroxylation sites is 1. The number of fused-ring (bicyclic) bond motifs is 4. The molecule has 0 radical (unpaired) electrons. The molecule has 0 amide bonds. The predicted molar refractivity (Wildman–Crippen MR) is 78.9 cm³/mol. The van der Waals surface area contributed by atoms with Gasteiger partial charge < -0.3 is 4.74 Å². The first-order valence-electron chi connectivity index (χ1n) is 6.34. The molecule has 1 aliphatic heterocycles. The molecule has 0 unspecified atom stereocenters. The standard InChI is InChI=1S/C16H11NO2S/c1-10(18)17-9-8-11-12(17)6-7-15-16(11)19-13-4-2-3-5-14(13)20-15/h2-9H,1H3. The Labute approximate surface area is 120 Å². The molecule has 0 N–H and O–H groups in total. The number of carbonyl (C=O) groups excluding carboxylic acids is 1. The lowest BCUT2D eigenvalue weighted by molar-refractivity contribution is 0.0941. The zero-order valence-corrected chi connectivity index (χ0v) is 11.6. The van der Waals surface area contributed by atoms with E-state index < -0.39 is 0 Å². The monoisotopic (exact) mass is 281 g/mol. The van der Waals surface area contributed by atoms with Crippen LogP contribution in [-0.2, 0) is 0 Å². The number of nitrogens with zero attached hydrogens (tertiary/aromatic N) is 1. The molecular weight excluding hydrogens is 270 g/mol. The average molecular weight is 281 g/mol. The highest BCUT2D eigenvalue weighted by atomic mass is 32.2. The maximum Gasteiger partial charge on any atom is 0.227 e. The minimum atomic E-state index is 0.00353. The maximum absolute atomic E-state index is 11.6. The molecule has 1 aliphatic rings. The van der Waals surface area contributed by atoms with Gasteiger partial charge in [-0.25, -0.2) is 0 Å². The molecule has 0 atom stereocenters. The molecule has 20 heavy (non-hydrogen) atoms. The number of hydrogen-bond acceptors (Lipinski definition) is 3. The van der Waals surface area contributed by atoms with E-state index in [9.17, 15) is 4.79 Å². The third-order valence-electron chi connectivity index (χ3n) is 3.41. The van der Waals surface area contributed by atoms with Gasteiger partial charge in [0.1, 0.15) is 5.75 Å². The molecule has 0 bridgehead atoms.